The molecule has 2 aromatic rings. The van der Waals surface area contributed by atoms with E-state index < -0.39 is 0 Å². The van der Waals surface area contributed by atoms with Crippen LogP contribution >= 0.6 is 0 Å². The number of anilines is 3. The van der Waals surface area contributed by atoms with E-state index in [9.17, 15) is 14.4 Å². The number of amides is 4. The first-order valence-electron chi connectivity index (χ1n) is 12.2. The van der Waals surface area contributed by atoms with Gasteiger partial charge in [-0.2, -0.15) is 0 Å². The zero-order chi connectivity index (χ0) is 25.5. The van der Waals surface area contributed by atoms with E-state index in [1.807, 2.05) is 88.0 Å². The number of rotatable bonds is 7. The molecule has 1 aliphatic rings. The van der Waals surface area contributed by atoms with Crippen LogP contribution in [0.3, 0.4) is 0 Å². The first-order chi connectivity index (χ1) is 16.6. The summed E-state index contributed by atoms with van der Waals surface area (Å²) in [4.78, 5) is 43.2. The summed E-state index contributed by atoms with van der Waals surface area (Å²) in [5.41, 5.74) is 3.64. The number of urea groups is 1. The van der Waals surface area contributed by atoms with Gasteiger partial charge in [-0.25, -0.2) is 4.79 Å². The van der Waals surface area contributed by atoms with Gasteiger partial charge in [-0.05, 0) is 62.7 Å². The number of hydrogen-bond acceptors (Lipinski definition) is 4. The Bertz CT molecular complexity index is 1030. The summed E-state index contributed by atoms with van der Waals surface area (Å²) >= 11 is 0. The Labute approximate surface area is 208 Å². The molecule has 0 bridgehead atoms. The zero-order valence-electron chi connectivity index (χ0n) is 21.4. The normalized spacial score (nSPS) is 13.7. The molecule has 35 heavy (non-hydrogen) atoms. The molecule has 8 heteroatoms. The first kappa shape index (κ1) is 26.1. The highest BCUT2D eigenvalue weighted by Crippen LogP contribution is 2.20. The Hall–Kier alpha value is -3.55. The molecule has 0 saturated carbocycles. The molecule has 1 aliphatic heterocycles. The van der Waals surface area contributed by atoms with Crippen molar-refractivity contribution < 1.29 is 14.4 Å². The second-order valence-corrected chi connectivity index (χ2v) is 9.58. The van der Waals surface area contributed by atoms with Gasteiger partial charge in [0.15, 0.2) is 0 Å². The largest absolute Gasteiger partial charge is 0.368 e. The highest BCUT2D eigenvalue weighted by molar-refractivity contribution is 5.95. The molecule has 2 N–H and O–H groups in total. The number of aryl methyl sites for hydroxylation is 1. The Balaban J connectivity index is 1.50. The fourth-order valence-corrected chi connectivity index (χ4v) is 4.05. The van der Waals surface area contributed by atoms with Crippen LogP contribution in [0.25, 0.3) is 0 Å². The lowest BCUT2D eigenvalue weighted by molar-refractivity contribution is -0.139. The van der Waals surface area contributed by atoms with Crippen molar-refractivity contribution in [1.82, 2.24) is 9.80 Å². The fourth-order valence-electron chi connectivity index (χ4n) is 4.05. The van der Waals surface area contributed by atoms with Crippen LogP contribution in [0.5, 0.6) is 0 Å². The smallest absolute Gasteiger partial charge is 0.321 e. The van der Waals surface area contributed by atoms with E-state index in [1.165, 1.54) is 0 Å². The number of nitrogens with one attached hydrogen (secondary N) is 2. The molecule has 4 amide bonds. The van der Waals surface area contributed by atoms with E-state index in [2.05, 4.69) is 15.5 Å². The van der Waals surface area contributed by atoms with Gasteiger partial charge in [0.1, 0.15) is 6.54 Å². The molecule has 188 valence electrons. The van der Waals surface area contributed by atoms with Crippen molar-refractivity contribution in [3.05, 3.63) is 54.1 Å². The molecule has 0 aromatic heterocycles. The van der Waals surface area contributed by atoms with Crippen molar-refractivity contribution in [3.63, 3.8) is 0 Å². The third kappa shape index (κ3) is 7.21. The van der Waals surface area contributed by atoms with Gasteiger partial charge in [-0.1, -0.05) is 26.0 Å². The maximum absolute atomic E-state index is 12.6. The van der Waals surface area contributed by atoms with Gasteiger partial charge in [-0.15, -0.1) is 0 Å². The summed E-state index contributed by atoms with van der Waals surface area (Å²) in [6, 6.07) is 15.3. The fraction of sp³-hybridized carbons (Fsp3) is 0.444. The minimum atomic E-state index is -0.214. The van der Waals surface area contributed by atoms with Crippen LogP contribution in [0, 0.1) is 12.8 Å². The summed E-state index contributed by atoms with van der Waals surface area (Å²) in [6.45, 7) is 12.2. The van der Waals surface area contributed by atoms with Crippen molar-refractivity contribution in [2.45, 2.75) is 40.7 Å². The predicted molar refractivity (Wildman–Crippen MR) is 141 cm³/mol. The van der Waals surface area contributed by atoms with Crippen LogP contribution in [0.4, 0.5) is 21.9 Å². The average molecular weight is 480 g/mol. The summed E-state index contributed by atoms with van der Waals surface area (Å²) in [6.07, 6.45) is 0. The van der Waals surface area contributed by atoms with Crippen LogP contribution in [-0.4, -0.2) is 66.4 Å². The molecular formula is C27H37N5O3. The number of benzene rings is 2. The van der Waals surface area contributed by atoms with Crippen LogP contribution < -0.4 is 15.5 Å². The lowest BCUT2D eigenvalue weighted by Crippen LogP contribution is -2.50. The van der Waals surface area contributed by atoms with Crippen LogP contribution in [-0.2, 0) is 9.59 Å². The Morgan fingerprint density at radius 3 is 2.11 bits per heavy atom. The quantitative estimate of drug-likeness (QED) is 0.624. The van der Waals surface area contributed by atoms with Gasteiger partial charge in [0, 0.05) is 55.2 Å². The van der Waals surface area contributed by atoms with Crippen molar-refractivity contribution in [2.75, 3.05) is 48.3 Å². The van der Waals surface area contributed by atoms with Crippen LogP contribution in [0.15, 0.2) is 48.5 Å². The van der Waals surface area contributed by atoms with E-state index >= 15 is 0 Å². The Kier molecular flexibility index (Phi) is 8.73. The molecular weight excluding hydrogens is 442 g/mol. The van der Waals surface area contributed by atoms with Crippen molar-refractivity contribution >= 4 is 34.9 Å². The predicted octanol–water partition coefficient (Wildman–Crippen LogP) is 4.18. The molecule has 2 aromatic carbocycles. The van der Waals surface area contributed by atoms with Gasteiger partial charge in [-0.3, -0.25) is 9.59 Å². The number of hydrogen-bond donors (Lipinski definition) is 2. The molecule has 3 rings (SSSR count). The third-order valence-corrected chi connectivity index (χ3v) is 6.07. The number of carbonyl (C=O) groups excluding carboxylic acids is 3. The van der Waals surface area contributed by atoms with Crippen molar-refractivity contribution in [3.8, 4) is 0 Å². The van der Waals surface area contributed by atoms with Gasteiger partial charge in [0.05, 0.1) is 0 Å². The minimum Gasteiger partial charge on any atom is -0.368 e. The molecule has 1 heterocycles. The highest BCUT2D eigenvalue weighted by atomic mass is 16.2. The van der Waals surface area contributed by atoms with E-state index in [1.54, 1.807) is 4.90 Å². The van der Waals surface area contributed by atoms with Gasteiger partial charge < -0.3 is 25.3 Å². The van der Waals surface area contributed by atoms with Crippen LogP contribution in [0.1, 0.15) is 33.3 Å². The molecule has 0 unspecified atom stereocenters. The molecule has 1 fully saturated rings. The lowest BCUT2D eigenvalue weighted by atomic mass is 10.1. The van der Waals surface area contributed by atoms with Crippen LogP contribution in [0.2, 0.25) is 0 Å². The summed E-state index contributed by atoms with van der Waals surface area (Å²) in [7, 11) is 0. The SMILES string of the molecule is Cc1cccc(NC(=O)N2CCN(c3ccc(NC(=O)CN(C(=O)C(C)C)C(C)C)cc3)CC2)c1. The summed E-state index contributed by atoms with van der Waals surface area (Å²) in [5, 5.41) is 5.86. The summed E-state index contributed by atoms with van der Waals surface area (Å²) in [5.74, 6) is -0.399. The van der Waals surface area contributed by atoms with E-state index in [0.29, 0.717) is 18.8 Å². The second kappa shape index (κ2) is 11.7. The summed E-state index contributed by atoms with van der Waals surface area (Å²) < 4.78 is 0. The molecule has 1 saturated heterocycles. The van der Waals surface area contributed by atoms with Crippen molar-refractivity contribution in [1.29, 1.82) is 0 Å². The van der Waals surface area contributed by atoms with E-state index in [-0.39, 0.29) is 36.3 Å². The lowest BCUT2D eigenvalue weighted by Gasteiger charge is -2.36. The Morgan fingerprint density at radius 2 is 1.54 bits per heavy atom. The second-order valence-electron chi connectivity index (χ2n) is 9.58. The van der Waals surface area contributed by atoms with Gasteiger partial charge >= 0.3 is 6.03 Å². The minimum absolute atomic E-state index is 0.0304. The number of carbonyl (C=O) groups is 3. The number of piperazine rings is 1. The Morgan fingerprint density at radius 1 is 0.886 bits per heavy atom. The molecule has 0 radical (unpaired) electrons. The maximum atomic E-state index is 12.6. The highest BCUT2D eigenvalue weighted by Gasteiger charge is 2.23. The maximum Gasteiger partial charge on any atom is 0.321 e. The molecule has 0 aliphatic carbocycles. The monoisotopic (exact) mass is 479 g/mol. The number of nitrogens with zero attached hydrogens (tertiary/aromatic N) is 3. The third-order valence-electron chi connectivity index (χ3n) is 6.07. The topological polar surface area (TPSA) is 85.0 Å². The van der Waals surface area contributed by atoms with Crippen molar-refractivity contribution in [2.24, 2.45) is 5.92 Å². The van der Waals surface area contributed by atoms with E-state index in [4.69, 9.17) is 0 Å². The first-order valence-corrected chi connectivity index (χ1v) is 12.2. The van der Waals surface area contributed by atoms with E-state index in [0.717, 1.165) is 30.0 Å². The molecule has 0 spiro atoms. The van der Waals surface area contributed by atoms with Gasteiger partial charge in [0.25, 0.3) is 0 Å². The van der Waals surface area contributed by atoms with Gasteiger partial charge in [0.2, 0.25) is 11.8 Å². The molecule has 0 atom stereocenters. The standard InChI is InChI=1S/C27H37N5O3/c1-19(2)26(34)32(20(3)4)18-25(33)28-22-9-11-24(12-10-22)30-13-15-31(16-14-30)27(35)29-23-8-6-7-21(5)17-23/h6-12,17,19-20H,13-16,18H2,1-5H3,(H,28,33)(H,29,35). The molecule has 8 nitrogen and oxygen atoms in total. The zero-order valence-corrected chi connectivity index (χ0v) is 21.4. The average Bonchev–Trinajstić information content (AvgIpc) is 2.82.